The van der Waals surface area contributed by atoms with Crippen molar-refractivity contribution in [3.05, 3.63) is 29.7 Å². The third-order valence-electron chi connectivity index (χ3n) is 3.66. The second-order valence-electron chi connectivity index (χ2n) is 5.62. The second-order valence-corrected chi connectivity index (χ2v) is 5.62. The van der Waals surface area contributed by atoms with Crippen molar-refractivity contribution in [3.8, 4) is 5.88 Å². The van der Waals surface area contributed by atoms with E-state index in [1.54, 1.807) is 13.0 Å². The average molecular weight is 359 g/mol. The number of methoxy groups -OCH3 is 1. The van der Waals surface area contributed by atoms with Crippen molar-refractivity contribution >= 4 is 29.5 Å². The molecule has 138 valence electrons. The molecule has 2 aromatic heterocycles. The van der Waals surface area contributed by atoms with Crippen LogP contribution in [0.1, 0.15) is 29.4 Å². The standard InChI is InChI=1S/C16H21N7O3/c1-9-6-11(7-20-16(9)26-3)21-15-13(14(17)25)19-8-12(22-15)23(18)10(2)4-5-24/h5-8,10H,4,18H2,1-3H3,(H2,17,25)(H,21,22)/t10-/m1/s1. The van der Waals surface area contributed by atoms with Crippen LogP contribution in [-0.2, 0) is 4.79 Å². The van der Waals surface area contributed by atoms with Crippen LogP contribution in [0.15, 0.2) is 18.5 Å². The van der Waals surface area contributed by atoms with E-state index in [1.807, 2.05) is 6.92 Å². The molecule has 2 aromatic rings. The van der Waals surface area contributed by atoms with Gasteiger partial charge in [-0.25, -0.2) is 20.8 Å². The van der Waals surface area contributed by atoms with Gasteiger partial charge in [0.2, 0.25) is 5.88 Å². The largest absolute Gasteiger partial charge is 0.481 e. The number of ether oxygens (including phenoxy) is 1. The Morgan fingerprint density at radius 3 is 2.73 bits per heavy atom. The topological polar surface area (TPSA) is 149 Å². The van der Waals surface area contributed by atoms with E-state index in [-0.39, 0.29) is 29.8 Å². The first-order valence-electron chi connectivity index (χ1n) is 7.79. The van der Waals surface area contributed by atoms with E-state index in [4.69, 9.17) is 16.3 Å². The van der Waals surface area contributed by atoms with Gasteiger partial charge in [0, 0.05) is 12.0 Å². The zero-order chi connectivity index (χ0) is 19.3. The van der Waals surface area contributed by atoms with Crippen LogP contribution in [0.25, 0.3) is 0 Å². The van der Waals surface area contributed by atoms with Crippen molar-refractivity contribution in [3.63, 3.8) is 0 Å². The Bertz CT molecular complexity index is 812. The first kappa shape index (κ1) is 19.1. The highest BCUT2D eigenvalue weighted by molar-refractivity contribution is 5.96. The minimum Gasteiger partial charge on any atom is -0.481 e. The summed E-state index contributed by atoms with van der Waals surface area (Å²) in [5, 5.41) is 4.27. The van der Waals surface area contributed by atoms with Crippen molar-refractivity contribution < 1.29 is 14.3 Å². The van der Waals surface area contributed by atoms with E-state index in [1.165, 1.54) is 24.5 Å². The first-order chi connectivity index (χ1) is 12.4. The first-order valence-corrected chi connectivity index (χ1v) is 7.79. The van der Waals surface area contributed by atoms with Gasteiger partial charge < -0.3 is 20.6 Å². The lowest BCUT2D eigenvalue weighted by Gasteiger charge is -2.24. The van der Waals surface area contributed by atoms with E-state index < -0.39 is 5.91 Å². The number of nitrogens with one attached hydrogen (secondary N) is 1. The summed E-state index contributed by atoms with van der Waals surface area (Å²) in [7, 11) is 1.53. The van der Waals surface area contributed by atoms with Gasteiger partial charge in [-0.1, -0.05) is 0 Å². The molecule has 2 rings (SSSR count). The SMILES string of the molecule is COc1ncc(Nc2nc(N(N)[C@H](C)CC=O)cnc2C(N)=O)cc1C. The number of hydrogen-bond donors (Lipinski definition) is 3. The van der Waals surface area contributed by atoms with Crippen molar-refractivity contribution in [2.24, 2.45) is 11.6 Å². The normalized spacial score (nSPS) is 11.5. The molecular formula is C16H21N7O3. The van der Waals surface area contributed by atoms with Gasteiger partial charge in [-0.05, 0) is 19.9 Å². The molecule has 0 aliphatic rings. The molecule has 2 heterocycles. The third-order valence-corrected chi connectivity index (χ3v) is 3.66. The van der Waals surface area contributed by atoms with Crippen LogP contribution >= 0.6 is 0 Å². The number of aromatic nitrogens is 3. The van der Waals surface area contributed by atoms with Gasteiger partial charge in [0.15, 0.2) is 17.3 Å². The number of carbonyl (C=O) groups excluding carboxylic acids is 2. The van der Waals surface area contributed by atoms with E-state index >= 15 is 0 Å². The fraction of sp³-hybridized carbons (Fsp3) is 0.312. The van der Waals surface area contributed by atoms with E-state index in [0.29, 0.717) is 11.6 Å². The van der Waals surface area contributed by atoms with Crippen LogP contribution < -0.4 is 26.6 Å². The summed E-state index contributed by atoms with van der Waals surface area (Å²) >= 11 is 0. The summed E-state index contributed by atoms with van der Waals surface area (Å²) in [6, 6.07) is 1.49. The number of anilines is 3. The predicted molar refractivity (Wildman–Crippen MR) is 96.2 cm³/mol. The molecule has 1 amide bonds. The zero-order valence-corrected chi connectivity index (χ0v) is 14.8. The van der Waals surface area contributed by atoms with E-state index in [0.717, 1.165) is 11.8 Å². The number of hydrogen-bond acceptors (Lipinski definition) is 9. The number of pyridine rings is 1. The van der Waals surface area contributed by atoms with Crippen molar-refractivity contribution in [2.45, 2.75) is 26.3 Å². The molecule has 0 spiro atoms. The summed E-state index contributed by atoms with van der Waals surface area (Å²) in [4.78, 5) is 34.8. The summed E-state index contributed by atoms with van der Waals surface area (Å²) in [6.45, 7) is 3.60. The van der Waals surface area contributed by atoms with Crippen LogP contribution in [0.5, 0.6) is 5.88 Å². The second kappa shape index (κ2) is 8.21. The lowest BCUT2D eigenvalue weighted by molar-refractivity contribution is -0.108. The maximum absolute atomic E-state index is 11.6. The Hall–Kier alpha value is -3.27. The molecule has 0 unspecified atom stereocenters. The predicted octanol–water partition coefficient (Wildman–Crippen LogP) is 0.689. The highest BCUT2D eigenvalue weighted by Gasteiger charge is 2.18. The van der Waals surface area contributed by atoms with Gasteiger partial charge in [0.1, 0.15) is 6.29 Å². The maximum atomic E-state index is 11.6. The number of hydrazine groups is 1. The number of rotatable bonds is 8. The van der Waals surface area contributed by atoms with Gasteiger partial charge in [-0.2, -0.15) is 0 Å². The molecule has 5 N–H and O–H groups in total. The van der Waals surface area contributed by atoms with Crippen molar-refractivity contribution in [1.82, 2.24) is 15.0 Å². The Morgan fingerprint density at radius 1 is 1.42 bits per heavy atom. The minimum absolute atomic E-state index is 0.0429. The van der Waals surface area contributed by atoms with Gasteiger partial charge >= 0.3 is 0 Å². The quantitative estimate of drug-likeness (QED) is 0.351. The zero-order valence-electron chi connectivity index (χ0n) is 14.8. The number of nitrogens with zero attached hydrogens (tertiary/aromatic N) is 4. The molecule has 10 nitrogen and oxygen atoms in total. The Kier molecular flexibility index (Phi) is 6.02. The summed E-state index contributed by atoms with van der Waals surface area (Å²) in [5.41, 5.74) is 6.69. The van der Waals surface area contributed by atoms with Crippen LogP contribution in [0.2, 0.25) is 0 Å². The van der Waals surface area contributed by atoms with Gasteiger partial charge in [0.25, 0.3) is 5.91 Å². The molecule has 0 saturated heterocycles. The van der Waals surface area contributed by atoms with Crippen molar-refractivity contribution in [1.29, 1.82) is 0 Å². The highest BCUT2D eigenvalue weighted by Crippen LogP contribution is 2.23. The van der Waals surface area contributed by atoms with Gasteiger partial charge in [-0.3, -0.25) is 9.80 Å². The summed E-state index contributed by atoms with van der Waals surface area (Å²) < 4.78 is 5.12. The molecule has 26 heavy (non-hydrogen) atoms. The van der Waals surface area contributed by atoms with Crippen molar-refractivity contribution in [2.75, 3.05) is 17.4 Å². The minimum atomic E-state index is -0.741. The van der Waals surface area contributed by atoms with E-state index in [2.05, 4.69) is 20.3 Å². The fourth-order valence-electron chi connectivity index (χ4n) is 2.23. The van der Waals surface area contributed by atoms with Crippen LogP contribution in [0, 0.1) is 6.92 Å². The number of aryl methyl sites for hydroxylation is 1. The average Bonchev–Trinajstić information content (AvgIpc) is 2.61. The lowest BCUT2D eigenvalue weighted by atomic mass is 10.2. The van der Waals surface area contributed by atoms with Gasteiger partial charge in [0.05, 0.1) is 31.2 Å². The van der Waals surface area contributed by atoms with Crippen LogP contribution in [-0.4, -0.2) is 40.3 Å². The molecule has 0 saturated carbocycles. The number of nitrogens with two attached hydrogens (primary N) is 2. The maximum Gasteiger partial charge on any atom is 0.271 e. The highest BCUT2D eigenvalue weighted by atomic mass is 16.5. The third kappa shape index (κ3) is 4.22. The smallest absolute Gasteiger partial charge is 0.271 e. The van der Waals surface area contributed by atoms with Crippen LogP contribution in [0.3, 0.4) is 0 Å². The molecule has 0 aromatic carbocycles. The molecule has 1 atom stereocenters. The lowest BCUT2D eigenvalue weighted by Crippen LogP contribution is -2.40. The monoisotopic (exact) mass is 359 g/mol. The molecular weight excluding hydrogens is 338 g/mol. The number of aldehydes is 1. The Labute approximate surface area is 150 Å². The van der Waals surface area contributed by atoms with Gasteiger partial charge in [-0.15, -0.1) is 0 Å². The molecule has 0 bridgehead atoms. The Morgan fingerprint density at radius 2 is 2.15 bits per heavy atom. The van der Waals surface area contributed by atoms with E-state index in [9.17, 15) is 9.59 Å². The number of primary amides is 1. The van der Waals surface area contributed by atoms with Crippen LogP contribution in [0.4, 0.5) is 17.3 Å². The number of amides is 1. The molecule has 0 fully saturated rings. The summed E-state index contributed by atoms with van der Waals surface area (Å²) in [5.74, 6) is 6.14. The molecule has 0 aliphatic carbocycles. The Balaban J connectivity index is 2.38. The molecule has 10 heteroatoms. The summed E-state index contributed by atoms with van der Waals surface area (Å²) in [6.07, 6.45) is 3.84. The fourth-order valence-corrected chi connectivity index (χ4v) is 2.23. The number of carbonyl (C=O) groups is 2. The molecule has 0 aliphatic heterocycles. The molecule has 0 radical (unpaired) electrons.